The zero-order valence-corrected chi connectivity index (χ0v) is 14.8. The summed E-state index contributed by atoms with van der Waals surface area (Å²) in [6.07, 6.45) is 3.17. The molecule has 2 rings (SSSR count). The van der Waals surface area contributed by atoms with Crippen LogP contribution in [0.15, 0.2) is 52.1 Å². The first-order chi connectivity index (χ1) is 12.0. The van der Waals surface area contributed by atoms with E-state index in [1.165, 1.54) is 12.3 Å². The molecule has 0 amide bonds. The van der Waals surface area contributed by atoms with Crippen molar-refractivity contribution in [1.82, 2.24) is 10.6 Å². The number of guanidine groups is 1. The average molecular weight is 347 g/mol. The highest BCUT2D eigenvalue weighted by molar-refractivity contribution is 5.79. The fourth-order valence-corrected chi connectivity index (χ4v) is 2.43. The first-order valence-electron chi connectivity index (χ1n) is 8.54. The Morgan fingerprint density at radius 3 is 2.80 bits per heavy atom. The summed E-state index contributed by atoms with van der Waals surface area (Å²) in [7, 11) is 0. The van der Waals surface area contributed by atoms with Crippen molar-refractivity contribution in [3.63, 3.8) is 0 Å². The van der Waals surface area contributed by atoms with Crippen LogP contribution in [0.5, 0.6) is 0 Å². The third-order valence-corrected chi connectivity index (χ3v) is 3.76. The molecule has 0 saturated carbocycles. The highest BCUT2D eigenvalue weighted by Gasteiger charge is 2.25. The largest absolute Gasteiger partial charge is 0.466 e. The molecule has 6 heteroatoms. The monoisotopic (exact) mass is 347 g/mol. The summed E-state index contributed by atoms with van der Waals surface area (Å²) < 4.78 is 18.4. The number of nitrogens with one attached hydrogen (secondary N) is 2. The molecule has 5 nitrogen and oxygen atoms in total. The van der Waals surface area contributed by atoms with E-state index in [1.54, 1.807) is 31.2 Å². The maximum absolute atomic E-state index is 13.2. The third-order valence-electron chi connectivity index (χ3n) is 3.76. The summed E-state index contributed by atoms with van der Waals surface area (Å²) in [5.74, 6) is 0.910. The highest BCUT2D eigenvalue weighted by Crippen LogP contribution is 2.20. The van der Waals surface area contributed by atoms with Crippen LogP contribution in [0.1, 0.15) is 31.6 Å². The Morgan fingerprint density at radius 1 is 1.28 bits per heavy atom. The Balaban J connectivity index is 1.83. The Labute approximate surface area is 148 Å². The lowest BCUT2D eigenvalue weighted by Crippen LogP contribution is -2.39. The Bertz CT molecular complexity index is 669. The Morgan fingerprint density at radius 2 is 2.12 bits per heavy atom. The Kier molecular flexibility index (Phi) is 7.01. The van der Waals surface area contributed by atoms with Gasteiger partial charge in [0.25, 0.3) is 0 Å². The first-order valence-corrected chi connectivity index (χ1v) is 8.54. The van der Waals surface area contributed by atoms with Crippen LogP contribution >= 0.6 is 0 Å². The van der Waals surface area contributed by atoms with Crippen molar-refractivity contribution in [3.8, 4) is 0 Å². The molecule has 1 aromatic carbocycles. The minimum absolute atomic E-state index is 0.180. The van der Waals surface area contributed by atoms with Crippen molar-refractivity contribution in [1.29, 1.82) is 0 Å². The van der Waals surface area contributed by atoms with Gasteiger partial charge in [-0.3, -0.25) is 0 Å². The van der Waals surface area contributed by atoms with E-state index in [2.05, 4.69) is 15.6 Å². The summed E-state index contributed by atoms with van der Waals surface area (Å²) in [5.41, 5.74) is -0.183. The predicted octanol–water partition coefficient (Wildman–Crippen LogP) is 2.81. The molecular weight excluding hydrogens is 321 g/mol. The van der Waals surface area contributed by atoms with E-state index in [4.69, 9.17) is 4.42 Å². The fraction of sp³-hybridized carbons (Fsp3) is 0.421. The fourth-order valence-electron chi connectivity index (χ4n) is 2.43. The minimum atomic E-state index is -1.16. The molecule has 3 N–H and O–H groups in total. The lowest BCUT2D eigenvalue weighted by Gasteiger charge is -2.19. The number of aliphatic hydroxyl groups is 1. The predicted molar refractivity (Wildman–Crippen MR) is 97.0 cm³/mol. The summed E-state index contributed by atoms with van der Waals surface area (Å²) in [6, 6.07) is 10.1. The van der Waals surface area contributed by atoms with Crippen molar-refractivity contribution in [3.05, 3.63) is 59.8 Å². The Hall–Kier alpha value is -2.34. The molecule has 0 aliphatic heterocycles. The topological polar surface area (TPSA) is 69.8 Å². The normalized spacial score (nSPS) is 14.2. The van der Waals surface area contributed by atoms with Gasteiger partial charge in [0.15, 0.2) is 5.96 Å². The molecule has 0 saturated heterocycles. The minimum Gasteiger partial charge on any atom is -0.466 e. The second-order valence-corrected chi connectivity index (χ2v) is 6.11. The molecule has 1 atom stereocenters. The average Bonchev–Trinajstić information content (AvgIpc) is 3.12. The lowest BCUT2D eigenvalue weighted by molar-refractivity contribution is 0.0437. The molecular formula is C19H26FN3O2. The molecule has 136 valence electrons. The quantitative estimate of drug-likeness (QED) is 0.390. The number of furan rings is 1. The second-order valence-electron chi connectivity index (χ2n) is 6.11. The molecule has 2 aromatic rings. The molecule has 0 fully saturated rings. The van der Waals surface area contributed by atoms with E-state index in [9.17, 15) is 9.50 Å². The second kappa shape index (κ2) is 9.22. The number of aryl methyl sites for hydroxylation is 1. The number of nitrogens with zero attached hydrogens (tertiary/aromatic N) is 1. The van der Waals surface area contributed by atoms with Gasteiger partial charge in [-0.25, -0.2) is 9.38 Å². The van der Waals surface area contributed by atoms with Crippen molar-refractivity contribution in [2.75, 3.05) is 19.6 Å². The number of hydrogen-bond donors (Lipinski definition) is 3. The highest BCUT2D eigenvalue weighted by atomic mass is 19.1. The van der Waals surface area contributed by atoms with Crippen LogP contribution in [-0.2, 0) is 12.0 Å². The first kappa shape index (κ1) is 19.0. The van der Waals surface area contributed by atoms with Gasteiger partial charge < -0.3 is 20.2 Å². The summed E-state index contributed by atoms with van der Waals surface area (Å²) in [6.45, 7) is 5.25. The van der Waals surface area contributed by atoms with E-state index in [-0.39, 0.29) is 12.4 Å². The zero-order chi connectivity index (χ0) is 18.1. The number of halogens is 1. The van der Waals surface area contributed by atoms with Gasteiger partial charge in [-0.15, -0.1) is 0 Å². The molecule has 1 unspecified atom stereocenters. The molecule has 1 heterocycles. The summed E-state index contributed by atoms with van der Waals surface area (Å²) >= 11 is 0. The molecule has 25 heavy (non-hydrogen) atoms. The van der Waals surface area contributed by atoms with E-state index in [0.717, 1.165) is 24.9 Å². The van der Waals surface area contributed by atoms with Crippen molar-refractivity contribution >= 4 is 5.96 Å². The van der Waals surface area contributed by atoms with Gasteiger partial charge in [-0.2, -0.15) is 0 Å². The summed E-state index contributed by atoms with van der Waals surface area (Å²) in [5, 5.41) is 16.8. The van der Waals surface area contributed by atoms with E-state index < -0.39 is 5.60 Å². The molecule has 1 aromatic heterocycles. The van der Waals surface area contributed by atoms with Crippen LogP contribution < -0.4 is 10.6 Å². The van der Waals surface area contributed by atoms with Gasteiger partial charge >= 0.3 is 0 Å². The van der Waals surface area contributed by atoms with Crippen LogP contribution in [-0.4, -0.2) is 30.7 Å². The van der Waals surface area contributed by atoms with Gasteiger partial charge in [0, 0.05) is 13.1 Å². The van der Waals surface area contributed by atoms with E-state index in [1.807, 2.05) is 13.0 Å². The van der Waals surface area contributed by atoms with Gasteiger partial charge in [0.05, 0.1) is 12.8 Å². The van der Waals surface area contributed by atoms with Crippen LogP contribution in [0.3, 0.4) is 0 Å². The lowest BCUT2D eigenvalue weighted by atomic mass is 10.0. The van der Waals surface area contributed by atoms with Crippen molar-refractivity contribution in [2.24, 2.45) is 4.99 Å². The standard InChI is InChI=1S/C19H26FN3O2/c1-3-21-18(23-14-19(2,24)17-10-6-12-25-17)22-11-5-8-15-7-4-9-16(20)13-15/h4,6-7,9-10,12-13,24H,3,5,8,11,14H2,1-2H3,(H2,21,22,23). The molecule has 0 aliphatic rings. The van der Waals surface area contributed by atoms with Crippen molar-refractivity contribution in [2.45, 2.75) is 32.3 Å². The van der Waals surface area contributed by atoms with Gasteiger partial charge in [0.1, 0.15) is 17.2 Å². The van der Waals surface area contributed by atoms with Gasteiger partial charge in [-0.05, 0) is 56.5 Å². The molecule has 0 aliphatic carbocycles. The summed E-state index contributed by atoms with van der Waals surface area (Å²) in [4.78, 5) is 4.42. The number of benzene rings is 1. The molecule has 0 spiro atoms. The van der Waals surface area contributed by atoms with Crippen LogP contribution in [0.2, 0.25) is 0 Å². The number of hydrogen-bond acceptors (Lipinski definition) is 3. The zero-order valence-electron chi connectivity index (χ0n) is 14.8. The van der Waals surface area contributed by atoms with Crippen molar-refractivity contribution < 1.29 is 13.9 Å². The van der Waals surface area contributed by atoms with Gasteiger partial charge in [0.2, 0.25) is 0 Å². The number of rotatable bonds is 8. The third kappa shape index (κ3) is 6.23. The van der Waals surface area contributed by atoms with E-state index in [0.29, 0.717) is 18.3 Å². The van der Waals surface area contributed by atoms with Crippen LogP contribution in [0, 0.1) is 5.82 Å². The number of aliphatic imine (C=N–C) groups is 1. The smallest absolute Gasteiger partial charge is 0.191 e. The van der Waals surface area contributed by atoms with Crippen LogP contribution in [0.25, 0.3) is 0 Å². The SMILES string of the molecule is CCNC(=NCC(C)(O)c1ccco1)NCCCc1cccc(F)c1. The maximum atomic E-state index is 13.2. The van der Waals surface area contributed by atoms with Gasteiger partial charge in [-0.1, -0.05) is 12.1 Å². The van der Waals surface area contributed by atoms with Crippen LogP contribution in [0.4, 0.5) is 4.39 Å². The van der Waals surface area contributed by atoms with E-state index >= 15 is 0 Å². The molecule has 0 bridgehead atoms. The maximum Gasteiger partial charge on any atom is 0.191 e. The molecule has 0 radical (unpaired) electrons.